The van der Waals surface area contributed by atoms with Gasteiger partial charge in [-0.3, -0.25) is 14.5 Å². The minimum atomic E-state index is -0.459. The number of hydrogen-bond acceptors (Lipinski definition) is 2. The van der Waals surface area contributed by atoms with Crippen molar-refractivity contribution in [2.24, 2.45) is 0 Å². The molecule has 0 radical (unpaired) electrons. The second kappa shape index (κ2) is 5.28. The molecule has 0 aromatic heterocycles. The Morgan fingerprint density at radius 1 is 1.50 bits per heavy atom. The van der Waals surface area contributed by atoms with Gasteiger partial charge >= 0.3 is 0 Å². The van der Waals surface area contributed by atoms with Crippen LogP contribution >= 0.6 is 27.5 Å². The van der Waals surface area contributed by atoms with Crippen LogP contribution in [0.2, 0.25) is 5.02 Å². The highest BCUT2D eigenvalue weighted by atomic mass is 79.9. The zero-order valence-corrected chi connectivity index (χ0v) is 12.1. The van der Waals surface area contributed by atoms with Crippen LogP contribution in [0.1, 0.15) is 13.3 Å². The van der Waals surface area contributed by atoms with E-state index in [0.717, 1.165) is 0 Å². The summed E-state index contributed by atoms with van der Waals surface area (Å²) >= 11 is 9.24. The Bertz CT molecular complexity index is 507. The van der Waals surface area contributed by atoms with Crippen molar-refractivity contribution in [2.75, 3.05) is 11.4 Å². The summed E-state index contributed by atoms with van der Waals surface area (Å²) in [7, 11) is 0. The van der Waals surface area contributed by atoms with Gasteiger partial charge in [0, 0.05) is 10.2 Å². The maximum atomic E-state index is 12.0. The molecule has 0 aliphatic carbocycles. The highest BCUT2D eigenvalue weighted by Crippen LogP contribution is 2.29. The van der Waals surface area contributed by atoms with Crippen molar-refractivity contribution in [3.05, 3.63) is 27.7 Å². The molecule has 1 atom stereocenters. The van der Waals surface area contributed by atoms with Crippen molar-refractivity contribution < 1.29 is 9.59 Å². The predicted octanol–water partition coefficient (Wildman–Crippen LogP) is 2.34. The molecule has 0 bridgehead atoms. The fraction of sp³-hybridized carbons (Fsp3) is 0.333. The normalized spacial score (nSPS) is 19.9. The third kappa shape index (κ3) is 2.37. The van der Waals surface area contributed by atoms with E-state index in [2.05, 4.69) is 21.2 Å². The number of amides is 2. The monoisotopic (exact) mass is 330 g/mol. The van der Waals surface area contributed by atoms with Crippen LogP contribution in [0.25, 0.3) is 0 Å². The number of nitrogens with one attached hydrogen (secondary N) is 1. The van der Waals surface area contributed by atoms with E-state index in [1.165, 1.54) is 4.90 Å². The van der Waals surface area contributed by atoms with E-state index >= 15 is 0 Å². The van der Waals surface area contributed by atoms with Crippen molar-refractivity contribution in [1.82, 2.24) is 5.32 Å². The van der Waals surface area contributed by atoms with E-state index in [9.17, 15) is 9.59 Å². The zero-order chi connectivity index (χ0) is 13.3. The largest absolute Gasteiger partial charge is 0.345 e. The molecule has 0 saturated carbocycles. The van der Waals surface area contributed by atoms with Crippen molar-refractivity contribution in [3.63, 3.8) is 0 Å². The number of carbonyl (C=O) groups is 2. The average Bonchev–Trinajstić information content (AvgIpc) is 2.35. The van der Waals surface area contributed by atoms with Crippen LogP contribution in [0.4, 0.5) is 5.69 Å². The average molecular weight is 332 g/mol. The van der Waals surface area contributed by atoms with Gasteiger partial charge in [0.2, 0.25) is 11.8 Å². The molecule has 1 aromatic rings. The lowest BCUT2D eigenvalue weighted by molar-refractivity contribution is -0.131. The molecule has 1 aliphatic heterocycles. The van der Waals surface area contributed by atoms with Crippen LogP contribution in [0, 0.1) is 0 Å². The highest BCUT2D eigenvalue weighted by Gasteiger charge is 2.34. The standard InChI is InChI=1S/C12H12BrClN2O2/c1-2-10-12(18)15-6-11(17)16(10)7-3-4-9(14)8(13)5-7/h3-5,10H,2,6H2,1H3,(H,15,18). The van der Waals surface area contributed by atoms with Gasteiger partial charge < -0.3 is 5.32 Å². The number of benzene rings is 1. The summed E-state index contributed by atoms with van der Waals surface area (Å²) in [5, 5.41) is 3.16. The Balaban J connectivity index is 2.41. The summed E-state index contributed by atoms with van der Waals surface area (Å²) in [6.07, 6.45) is 0.567. The molecule has 2 amide bonds. The molecular weight excluding hydrogens is 320 g/mol. The van der Waals surface area contributed by atoms with Gasteiger partial charge in [-0.25, -0.2) is 0 Å². The summed E-state index contributed by atoms with van der Waals surface area (Å²) < 4.78 is 0.704. The molecule has 1 N–H and O–H groups in total. The number of carbonyl (C=O) groups excluding carboxylic acids is 2. The Hall–Kier alpha value is -1.07. The van der Waals surface area contributed by atoms with Crippen LogP contribution in [-0.2, 0) is 9.59 Å². The first-order chi connectivity index (χ1) is 8.54. The van der Waals surface area contributed by atoms with Crippen molar-refractivity contribution in [1.29, 1.82) is 0 Å². The molecule has 1 unspecified atom stereocenters. The lowest BCUT2D eigenvalue weighted by Gasteiger charge is -2.34. The van der Waals surface area contributed by atoms with Crippen LogP contribution in [0.5, 0.6) is 0 Å². The van der Waals surface area contributed by atoms with Crippen LogP contribution in [-0.4, -0.2) is 24.4 Å². The predicted molar refractivity (Wildman–Crippen MR) is 73.7 cm³/mol. The lowest BCUT2D eigenvalue weighted by atomic mass is 10.1. The number of rotatable bonds is 2. The second-order valence-corrected chi connectivity index (χ2v) is 5.27. The van der Waals surface area contributed by atoms with Gasteiger partial charge in [0.1, 0.15) is 6.04 Å². The molecule has 1 saturated heterocycles. The Labute approximate surface area is 118 Å². The Morgan fingerprint density at radius 3 is 2.83 bits per heavy atom. The van der Waals surface area contributed by atoms with Crippen molar-refractivity contribution in [3.8, 4) is 0 Å². The molecule has 2 rings (SSSR count). The topological polar surface area (TPSA) is 49.4 Å². The third-order valence-electron chi connectivity index (χ3n) is 2.86. The molecule has 1 fully saturated rings. The second-order valence-electron chi connectivity index (χ2n) is 4.00. The van der Waals surface area contributed by atoms with Gasteiger partial charge in [-0.05, 0) is 40.5 Å². The van der Waals surface area contributed by atoms with Crippen LogP contribution in [0.3, 0.4) is 0 Å². The van der Waals surface area contributed by atoms with Crippen LogP contribution in [0.15, 0.2) is 22.7 Å². The molecule has 6 heteroatoms. The summed E-state index contributed by atoms with van der Waals surface area (Å²) in [6.45, 7) is 1.91. The summed E-state index contributed by atoms with van der Waals surface area (Å²) in [6, 6.07) is 4.74. The first-order valence-corrected chi connectivity index (χ1v) is 6.76. The van der Waals surface area contributed by atoms with Crippen molar-refractivity contribution >= 4 is 45.0 Å². The lowest BCUT2D eigenvalue weighted by Crippen LogP contribution is -2.58. The smallest absolute Gasteiger partial charge is 0.247 e. The van der Waals surface area contributed by atoms with Gasteiger partial charge in [0.15, 0.2) is 0 Å². The van der Waals surface area contributed by atoms with E-state index in [4.69, 9.17) is 11.6 Å². The Morgan fingerprint density at radius 2 is 2.22 bits per heavy atom. The molecule has 18 heavy (non-hydrogen) atoms. The van der Waals surface area contributed by atoms with Crippen LogP contribution < -0.4 is 10.2 Å². The fourth-order valence-corrected chi connectivity index (χ4v) is 2.47. The van der Waals surface area contributed by atoms with Gasteiger partial charge in [0.05, 0.1) is 11.6 Å². The number of nitrogens with zero attached hydrogens (tertiary/aromatic N) is 1. The van der Waals surface area contributed by atoms with E-state index in [1.807, 2.05) is 6.92 Å². The minimum Gasteiger partial charge on any atom is -0.345 e. The molecule has 96 valence electrons. The molecule has 1 aromatic carbocycles. The van der Waals surface area contributed by atoms with Gasteiger partial charge in [-0.15, -0.1) is 0 Å². The van der Waals surface area contributed by atoms with E-state index in [1.54, 1.807) is 18.2 Å². The maximum Gasteiger partial charge on any atom is 0.247 e. The van der Waals surface area contributed by atoms with E-state index in [0.29, 0.717) is 21.6 Å². The number of anilines is 1. The van der Waals surface area contributed by atoms with E-state index < -0.39 is 6.04 Å². The maximum absolute atomic E-state index is 12.0. The zero-order valence-electron chi connectivity index (χ0n) is 9.74. The molecule has 0 spiro atoms. The number of halogens is 2. The molecule has 1 heterocycles. The van der Waals surface area contributed by atoms with Gasteiger partial charge in [-0.1, -0.05) is 18.5 Å². The number of hydrogen-bond donors (Lipinski definition) is 1. The number of piperazine rings is 1. The molecule has 1 aliphatic rings. The van der Waals surface area contributed by atoms with Gasteiger partial charge in [-0.2, -0.15) is 0 Å². The first-order valence-electron chi connectivity index (χ1n) is 5.59. The highest BCUT2D eigenvalue weighted by molar-refractivity contribution is 9.10. The summed E-state index contributed by atoms with van der Waals surface area (Å²) in [5.74, 6) is -0.237. The van der Waals surface area contributed by atoms with Crippen molar-refractivity contribution in [2.45, 2.75) is 19.4 Å². The SMILES string of the molecule is CCC1C(=O)NCC(=O)N1c1ccc(Cl)c(Br)c1. The molecular formula is C12H12BrClN2O2. The quantitative estimate of drug-likeness (QED) is 0.904. The fourth-order valence-electron chi connectivity index (χ4n) is 1.98. The summed E-state index contributed by atoms with van der Waals surface area (Å²) in [5.41, 5.74) is 0.679. The summed E-state index contributed by atoms with van der Waals surface area (Å²) in [4.78, 5) is 25.3. The van der Waals surface area contributed by atoms with E-state index in [-0.39, 0.29) is 18.4 Å². The van der Waals surface area contributed by atoms with Gasteiger partial charge in [0.25, 0.3) is 0 Å². The Kier molecular flexibility index (Phi) is 3.92. The first kappa shape index (κ1) is 13.4. The third-order valence-corrected chi connectivity index (χ3v) is 4.08. The molecule has 4 nitrogen and oxygen atoms in total. The minimum absolute atomic E-state index is 0.0373.